The molecule has 0 aliphatic heterocycles. The number of amides is 1. The number of carbonyl (C=O) groups is 1. The number of rotatable bonds is 4. The largest absolute Gasteiger partial charge is 0.496 e. The first-order chi connectivity index (χ1) is 10.8. The molecule has 22 heavy (non-hydrogen) atoms. The molecule has 6 nitrogen and oxygen atoms in total. The first-order valence-corrected chi connectivity index (χ1v) is 6.69. The van der Waals surface area contributed by atoms with Crippen molar-refractivity contribution in [3.8, 4) is 5.75 Å². The zero-order chi connectivity index (χ0) is 15.4. The number of benzene rings is 2. The van der Waals surface area contributed by atoms with E-state index in [2.05, 4.69) is 21.0 Å². The van der Waals surface area contributed by atoms with Gasteiger partial charge in [-0.2, -0.15) is 5.10 Å². The molecule has 0 saturated carbocycles. The number of anilines is 1. The number of fused-ring (bicyclic) bond motifs is 1. The molecule has 1 amide bonds. The van der Waals surface area contributed by atoms with Crippen LogP contribution >= 0.6 is 0 Å². The number of methoxy groups -OCH3 is 1. The van der Waals surface area contributed by atoms with Gasteiger partial charge in [0.25, 0.3) is 5.91 Å². The van der Waals surface area contributed by atoms with E-state index in [1.54, 1.807) is 30.5 Å². The van der Waals surface area contributed by atoms with Crippen molar-refractivity contribution in [2.45, 2.75) is 0 Å². The Hall–Kier alpha value is -3.15. The first-order valence-electron chi connectivity index (χ1n) is 6.69. The van der Waals surface area contributed by atoms with Gasteiger partial charge in [0.15, 0.2) is 5.82 Å². The van der Waals surface area contributed by atoms with Crippen LogP contribution in [0.4, 0.5) is 5.82 Å². The standard InChI is InChI=1S/C16H14N4O2/c1-22-14-9-5-4-8-13(14)16(21)20-19-15-12-7-3-2-6-11(12)10-17-18-15/h2-10H,1H3,(H,18,19)(H,20,21). The Balaban J connectivity index is 1.81. The van der Waals surface area contributed by atoms with Crippen molar-refractivity contribution in [3.05, 3.63) is 60.3 Å². The second kappa shape index (κ2) is 6.09. The summed E-state index contributed by atoms with van der Waals surface area (Å²) in [6.45, 7) is 0. The summed E-state index contributed by atoms with van der Waals surface area (Å²) in [5.74, 6) is 0.680. The second-order valence-electron chi connectivity index (χ2n) is 4.56. The van der Waals surface area contributed by atoms with Crippen LogP contribution in [0.1, 0.15) is 10.4 Å². The Morgan fingerprint density at radius 2 is 1.86 bits per heavy atom. The number of hydrogen-bond acceptors (Lipinski definition) is 5. The molecule has 0 atom stereocenters. The fourth-order valence-corrected chi connectivity index (χ4v) is 2.14. The van der Waals surface area contributed by atoms with Crippen LogP contribution in [0, 0.1) is 0 Å². The van der Waals surface area contributed by atoms with E-state index in [0.29, 0.717) is 17.1 Å². The Morgan fingerprint density at radius 3 is 2.73 bits per heavy atom. The first kappa shape index (κ1) is 13.8. The summed E-state index contributed by atoms with van der Waals surface area (Å²) in [4.78, 5) is 12.2. The predicted octanol–water partition coefficient (Wildman–Crippen LogP) is 2.40. The fourth-order valence-electron chi connectivity index (χ4n) is 2.14. The quantitative estimate of drug-likeness (QED) is 0.723. The molecule has 0 unspecified atom stereocenters. The van der Waals surface area contributed by atoms with Crippen LogP contribution in [0.3, 0.4) is 0 Å². The molecule has 3 rings (SSSR count). The minimum Gasteiger partial charge on any atom is -0.496 e. The fraction of sp³-hybridized carbons (Fsp3) is 0.0625. The van der Waals surface area contributed by atoms with Gasteiger partial charge < -0.3 is 4.74 Å². The lowest BCUT2D eigenvalue weighted by molar-refractivity contribution is 0.0959. The van der Waals surface area contributed by atoms with Gasteiger partial charge in [-0.15, -0.1) is 5.10 Å². The molecule has 0 aliphatic rings. The molecular weight excluding hydrogens is 280 g/mol. The van der Waals surface area contributed by atoms with Gasteiger partial charge in [-0.05, 0) is 12.1 Å². The number of nitrogens with one attached hydrogen (secondary N) is 2. The number of nitrogens with zero attached hydrogens (tertiary/aromatic N) is 2. The molecule has 0 radical (unpaired) electrons. The molecule has 2 aromatic carbocycles. The lowest BCUT2D eigenvalue weighted by Gasteiger charge is -2.11. The molecule has 1 aromatic heterocycles. The van der Waals surface area contributed by atoms with Crippen LogP contribution in [0.25, 0.3) is 10.8 Å². The van der Waals surface area contributed by atoms with Crippen molar-refractivity contribution in [1.29, 1.82) is 0 Å². The van der Waals surface area contributed by atoms with Crippen molar-refractivity contribution in [3.63, 3.8) is 0 Å². The van der Waals surface area contributed by atoms with E-state index < -0.39 is 0 Å². The lowest BCUT2D eigenvalue weighted by atomic mass is 10.2. The molecule has 0 fully saturated rings. The van der Waals surface area contributed by atoms with Gasteiger partial charge in [0.2, 0.25) is 0 Å². The molecule has 2 N–H and O–H groups in total. The van der Waals surface area contributed by atoms with Crippen molar-refractivity contribution < 1.29 is 9.53 Å². The maximum absolute atomic E-state index is 12.2. The minimum atomic E-state index is -0.313. The summed E-state index contributed by atoms with van der Waals surface area (Å²) < 4.78 is 5.17. The van der Waals surface area contributed by atoms with Crippen LogP contribution in [-0.2, 0) is 0 Å². The Morgan fingerprint density at radius 1 is 1.09 bits per heavy atom. The predicted molar refractivity (Wildman–Crippen MR) is 83.6 cm³/mol. The highest BCUT2D eigenvalue weighted by atomic mass is 16.5. The highest BCUT2D eigenvalue weighted by Gasteiger charge is 2.11. The SMILES string of the molecule is COc1ccccc1C(=O)NNc1nncc2ccccc12. The smallest absolute Gasteiger partial charge is 0.273 e. The Bertz CT molecular complexity index is 815. The summed E-state index contributed by atoms with van der Waals surface area (Å²) in [7, 11) is 1.52. The Labute approximate surface area is 127 Å². The molecule has 110 valence electrons. The number of ether oxygens (including phenoxy) is 1. The van der Waals surface area contributed by atoms with Gasteiger partial charge in [-0.3, -0.25) is 15.6 Å². The summed E-state index contributed by atoms with van der Waals surface area (Å²) in [5.41, 5.74) is 5.86. The minimum absolute atomic E-state index is 0.313. The molecule has 0 spiro atoms. The van der Waals surface area contributed by atoms with Gasteiger partial charge in [-0.1, -0.05) is 36.4 Å². The lowest BCUT2D eigenvalue weighted by Crippen LogP contribution is -2.30. The average molecular weight is 294 g/mol. The number of hydrogen-bond donors (Lipinski definition) is 2. The van der Waals surface area contributed by atoms with Crippen LogP contribution in [0.15, 0.2) is 54.7 Å². The van der Waals surface area contributed by atoms with Gasteiger partial charge in [0, 0.05) is 10.8 Å². The summed E-state index contributed by atoms with van der Waals surface area (Å²) in [6.07, 6.45) is 1.67. The third-order valence-corrected chi connectivity index (χ3v) is 3.22. The zero-order valence-corrected chi connectivity index (χ0v) is 11.9. The van der Waals surface area contributed by atoms with Crippen molar-refractivity contribution >= 4 is 22.5 Å². The van der Waals surface area contributed by atoms with E-state index in [1.807, 2.05) is 24.3 Å². The summed E-state index contributed by atoms with van der Waals surface area (Å²) in [5, 5.41) is 9.73. The van der Waals surface area contributed by atoms with Crippen molar-refractivity contribution in [2.24, 2.45) is 0 Å². The molecule has 6 heteroatoms. The van der Waals surface area contributed by atoms with Gasteiger partial charge in [-0.25, -0.2) is 0 Å². The topological polar surface area (TPSA) is 76.1 Å². The van der Waals surface area contributed by atoms with E-state index in [4.69, 9.17) is 4.74 Å². The second-order valence-corrected chi connectivity index (χ2v) is 4.56. The number of aromatic nitrogens is 2. The highest BCUT2D eigenvalue weighted by Crippen LogP contribution is 2.19. The maximum Gasteiger partial charge on any atom is 0.273 e. The van der Waals surface area contributed by atoms with Crippen LogP contribution in [-0.4, -0.2) is 23.2 Å². The van der Waals surface area contributed by atoms with Crippen LogP contribution < -0.4 is 15.6 Å². The normalized spacial score (nSPS) is 10.2. The van der Waals surface area contributed by atoms with Crippen LogP contribution in [0.2, 0.25) is 0 Å². The summed E-state index contributed by atoms with van der Waals surface area (Å²) in [6, 6.07) is 14.6. The van der Waals surface area contributed by atoms with Gasteiger partial charge in [0.1, 0.15) is 5.75 Å². The van der Waals surface area contributed by atoms with E-state index >= 15 is 0 Å². The molecule has 0 aliphatic carbocycles. The van der Waals surface area contributed by atoms with E-state index in [9.17, 15) is 4.79 Å². The number of hydrazine groups is 1. The third kappa shape index (κ3) is 2.67. The van der Waals surface area contributed by atoms with Crippen molar-refractivity contribution in [2.75, 3.05) is 12.5 Å². The molecule has 1 heterocycles. The van der Waals surface area contributed by atoms with Gasteiger partial charge in [0.05, 0.1) is 18.9 Å². The molecule has 3 aromatic rings. The van der Waals surface area contributed by atoms with Crippen LogP contribution in [0.5, 0.6) is 5.75 Å². The summed E-state index contributed by atoms with van der Waals surface area (Å²) >= 11 is 0. The zero-order valence-electron chi connectivity index (χ0n) is 11.9. The molecule has 0 saturated heterocycles. The van der Waals surface area contributed by atoms with E-state index in [0.717, 1.165) is 10.8 Å². The molecular formula is C16H14N4O2. The monoisotopic (exact) mass is 294 g/mol. The van der Waals surface area contributed by atoms with E-state index in [1.165, 1.54) is 7.11 Å². The Kier molecular flexibility index (Phi) is 3.82. The third-order valence-electron chi connectivity index (χ3n) is 3.22. The number of para-hydroxylation sites is 1. The number of carbonyl (C=O) groups excluding carboxylic acids is 1. The average Bonchev–Trinajstić information content (AvgIpc) is 2.59. The van der Waals surface area contributed by atoms with Gasteiger partial charge >= 0.3 is 0 Å². The maximum atomic E-state index is 12.2. The van der Waals surface area contributed by atoms with E-state index in [-0.39, 0.29) is 5.91 Å². The highest BCUT2D eigenvalue weighted by molar-refractivity contribution is 5.98. The van der Waals surface area contributed by atoms with Crippen molar-refractivity contribution in [1.82, 2.24) is 15.6 Å². The molecule has 0 bridgehead atoms.